The van der Waals surface area contributed by atoms with Gasteiger partial charge in [-0.05, 0) is 24.6 Å². The van der Waals surface area contributed by atoms with Crippen LogP contribution in [0.3, 0.4) is 0 Å². The SMILES string of the molecule is COC(=O)c1sc(N/N=C\c2ccc(Br)cc2)nc1C. The number of carbonyl (C=O) groups excluding carboxylic acids is 1. The molecule has 7 heteroatoms. The smallest absolute Gasteiger partial charge is 0.350 e. The molecule has 20 heavy (non-hydrogen) atoms. The van der Waals surface area contributed by atoms with Crippen molar-refractivity contribution in [3.05, 3.63) is 44.9 Å². The molecule has 0 atom stereocenters. The molecule has 0 saturated heterocycles. The molecule has 1 aromatic heterocycles. The summed E-state index contributed by atoms with van der Waals surface area (Å²) in [6, 6.07) is 7.74. The zero-order valence-corrected chi connectivity index (χ0v) is 13.3. The summed E-state index contributed by atoms with van der Waals surface area (Å²) in [5.41, 5.74) is 4.39. The Labute approximate surface area is 128 Å². The lowest BCUT2D eigenvalue weighted by molar-refractivity contribution is 0.0605. The first-order chi connectivity index (χ1) is 9.60. The molecule has 0 amide bonds. The quantitative estimate of drug-likeness (QED) is 0.519. The maximum Gasteiger partial charge on any atom is 0.350 e. The molecule has 1 N–H and O–H groups in total. The van der Waals surface area contributed by atoms with E-state index in [4.69, 9.17) is 0 Å². The van der Waals surface area contributed by atoms with E-state index >= 15 is 0 Å². The Kier molecular flexibility index (Phi) is 4.86. The van der Waals surface area contributed by atoms with Crippen LogP contribution in [-0.4, -0.2) is 24.3 Å². The number of nitrogens with one attached hydrogen (secondary N) is 1. The number of aromatic nitrogens is 1. The van der Waals surface area contributed by atoms with Crippen LogP contribution in [0.25, 0.3) is 0 Å². The van der Waals surface area contributed by atoms with Gasteiger partial charge in [-0.3, -0.25) is 5.43 Å². The van der Waals surface area contributed by atoms with Crippen molar-refractivity contribution in [3.63, 3.8) is 0 Å². The van der Waals surface area contributed by atoms with Crippen molar-refractivity contribution >= 4 is 44.6 Å². The number of rotatable bonds is 4. The third kappa shape index (κ3) is 3.64. The van der Waals surface area contributed by atoms with Gasteiger partial charge < -0.3 is 4.74 Å². The van der Waals surface area contributed by atoms with Gasteiger partial charge in [-0.15, -0.1) is 0 Å². The van der Waals surface area contributed by atoms with Gasteiger partial charge in [-0.25, -0.2) is 9.78 Å². The Morgan fingerprint density at radius 1 is 1.45 bits per heavy atom. The summed E-state index contributed by atoms with van der Waals surface area (Å²) >= 11 is 4.58. The summed E-state index contributed by atoms with van der Waals surface area (Å²) in [4.78, 5) is 16.1. The average molecular weight is 354 g/mol. The van der Waals surface area contributed by atoms with Crippen molar-refractivity contribution in [1.29, 1.82) is 0 Å². The van der Waals surface area contributed by atoms with Crippen molar-refractivity contribution in [1.82, 2.24) is 4.98 Å². The van der Waals surface area contributed by atoms with E-state index in [2.05, 4.69) is 36.2 Å². The molecule has 5 nitrogen and oxygen atoms in total. The van der Waals surface area contributed by atoms with E-state index < -0.39 is 0 Å². The molecular weight excluding hydrogens is 342 g/mol. The van der Waals surface area contributed by atoms with E-state index in [1.165, 1.54) is 18.4 Å². The second-order valence-corrected chi connectivity index (χ2v) is 5.76. The first kappa shape index (κ1) is 14.7. The Bertz CT molecular complexity index is 638. The minimum Gasteiger partial charge on any atom is -0.465 e. The molecule has 1 heterocycles. The van der Waals surface area contributed by atoms with Gasteiger partial charge in [0, 0.05) is 4.47 Å². The third-order valence-corrected chi connectivity index (χ3v) is 3.98. The standard InChI is InChI=1S/C13H12BrN3O2S/c1-8-11(12(18)19-2)20-13(16-8)17-15-7-9-3-5-10(14)6-4-9/h3-7H,1-2H3,(H,16,17)/b15-7-. The second kappa shape index (κ2) is 6.62. The number of esters is 1. The van der Waals surface area contributed by atoms with Crippen LogP contribution in [-0.2, 0) is 4.74 Å². The van der Waals surface area contributed by atoms with Crippen molar-refractivity contribution in [2.75, 3.05) is 12.5 Å². The molecule has 0 aliphatic rings. The molecule has 0 radical (unpaired) electrons. The molecule has 0 bridgehead atoms. The number of benzene rings is 1. The van der Waals surface area contributed by atoms with Gasteiger partial charge in [0.15, 0.2) is 0 Å². The van der Waals surface area contributed by atoms with E-state index in [9.17, 15) is 4.79 Å². The summed E-state index contributed by atoms with van der Waals surface area (Å²) < 4.78 is 5.69. The first-order valence-electron chi connectivity index (χ1n) is 5.70. The summed E-state index contributed by atoms with van der Waals surface area (Å²) in [7, 11) is 1.35. The number of carbonyl (C=O) groups is 1. The van der Waals surface area contributed by atoms with Crippen LogP contribution in [0.4, 0.5) is 5.13 Å². The largest absolute Gasteiger partial charge is 0.465 e. The van der Waals surface area contributed by atoms with Crippen molar-refractivity contribution in [2.45, 2.75) is 6.92 Å². The van der Waals surface area contributed by atoms with Crippen LogP contribution < -0.4 is 5.43 Å². The highest BCUT2D eigenvalue weighted by molar-refractivity contribution is 9.10. The predicted octanol–water partition coefficient (Wildman–Crippen LogP) is 3.45. The Hall–Kier alpha value is -1.73. The van der Waals surface area contributed by atoms with Gasteiger partial charge >= 0.3 is 5.97 Å². The van der Waals surface area contributed by atoms with Gasteiger partial charge in [-0.2, -0.15) is 5.10 Å². The highest BCUT2D eigenvalue weighted by Crippen LogP contribution is 2.23. The van der Waals surface area contributed by atoms with Crippen LogP contribution in [0.15, 0.2) is 33.8 Å². The maximum atomic E-state index is 11.5. The second-order valence-electron chi connectivity index (χ2n) is 3.85. The lowest BCUT2D eigenvalue weighted by Crippen LogP contribution is -1.99. The molecule has 0 spiro atoms. The lowest BCUT2D eigenvalue weighted by Gasteiger charge is -1.95. The average Bonchev–Trinajstić information content (AvgIpc) is 2.81. The zero-order chi connectivity index (χ0) is 14.5. The molecule has 2 aromatic rings. The Morgan fingerprint density at radius 2 is 2.15 bits per heavy atom. The van der Waals surface area contributed by atoms with E-state index in [0.717, 1.165) is 10.0 Å². The number of ether oxygens (including phenoxy) is 1. The number of thiazole rings is 1. The van der Waals surface area contributed by atoms with Crippen LogP contribution in [0, 0.1) is 6.92 Å². The van der Waals surface area contributed by atoms with E-state index in [0.29, 0.717) is 15.7 Å². The summed E-state index contributed by atoms with van der Waals surface area (Å²) in [5, 5.41) is 4.64. The van der Waals surface area contributed by atoms with E-state index in [1.54, 1.807) is 13.1 Å². The number of aryl methyl sites for hydroxylation is 1. The van der Waals surface area contributed by atoms with Crippen molar-refractivity contribution in [3.8, 4) is 0 Å². The van der Waals surface area contributed by atoms with Gasteiger partial charge in [0.05, 0.1) is 19.0 Å². The molecule has 104 valence electrons. The number of nitrogens with zero attached hydrogens (tertiary/aromatic N) is 2. The molecule has 0 fully saturated rings. The number of anilines is 1. The van der Waals surface area contributed by atoms with Crippen molar-refractivity contribution < 1.29 is 9.53 Å². The highest BCUT2D eigenvalue weighted by atomic mass is 79.9. The number of halogens is 1. The Morgan fingerprint density at radius 3 is 2.80 bits per heavy atom. The fourth-order valence-electron chi connectivity index (χ4n) is 1.44. The number of methoxy groups -OCH3 is 1. The van der Waals surface area contributed by atoms with Gasteiger partial charge in [0.1, 0.15) is 4.88 Å². The fraction of sp³-hybridized carbons (Fsp3) is 0.154. The van der Waals surface area contributed by atoms with E-state index in [-0.39, 0.29) is 5.97 Å². The minimum absolute atomic E-state index is 0.384. The highest BCUT2D eigenvalue weighted by Gasteiger charge is 2.15. The Balaban J connectivity index is 2.04. The van der Waals surface area contributed by atoms with Crippen LogP contribution >= 0.6 is 27.3 Å². The lowest BCUT2D eigenvalue weighted by atomic mass is 10.2. The topological polar surface area (TPSA) is 63.6 Å². The summed E-state index contributed by atoms with van der Waals surface area (Å²) in [6.07, 6.45) is 1.68. The molecule has 0 aliphatic heterocycles. The monoisotopic (exact) mass is 353 g/mol. The fourth-order valence-corrected chi connectivity index (χ4v) is 2.54. The minimum atomic E-state index is -0.384. The molecule has 1 aromatic carbocycles. The predicted molar refractivity (Wildman–Crippen MR) is 83.5 cm³/mol. The summed E-state index contributed by atoms with van der Waals surface area (Å²) in [6.45, 7) is 1.76. The van der Waals surface area contributed by atoms with Gasteiger partial charge in [-0.1, -0.05) is 39.4 Å². The van der Waals surface area contributed by atoms with Gasteiger partial charge in [0.2, 0.25) is 5.13 Å². The number of hydrazone groups is 1. The number of hydrogen-bond acceptors (Lipinski definition) is 6. The molecule has 0 aliphatic carbocycles. The van der Waals surface area contributed by atoms with Crippen LogP contribution in [0.5, 0.6) is 0 Å². The molecule has 0 saturated carbocycles. The van der Waals surface area contributed by atoms with Crippen LogP contribution in [0.1, 0.15) is 20.9 Å². The molecular formula is C13H12BrN3O2S. The normalized spacial score (nSPS) is 10.8. The van der Waals surface area contributed by atoms with Crippen LogP contribution in [0.2, 0.25) is 0 Å². The molecule has 2 rings (SSSR count). The molecule has 0 unspecified atom stereocenters. The summed E-state index contributed by atoms with van der Waals surface area (Å²) in [5.74, 6) is -0.384. The first-order valence-corrected chi connectivity index (χ1v) is 7.31. The third-order valence-electron chi connectivity index (χ3n) is 2.41. The maximum absolute atomic E-state index is 11.5. The van der Waals surface area contributed by atoms with Crippen molar-refractivity contribution in [2.24, 2.45) is 5.10 Å². The zero-order valence-electron chi connectivity index (χ0n) is 10.9. The number of hydrogen-bond donors (Lipinski definition) is 1. The van der Waals surface area contributed by atoms with Gasteiger partial charge in [0.25, 0.3) is 0 Å². The van der Waals surface area contributed by atoms with E-state index in [1.807, 2.05) is 24.3 Å².